The third-order valence-corrected chi connectivity index (χ3v) is 4.35. The molecule has 0 bridgehead atoms. The minimum atomic E-state index is -1.25. The summed E-state index contributed by atoms with van der Waals surface area (Å²) >= 11 is 6.32. The molecule has 0 aliphatic rings. The number of aliphatic hydroxyl groups excluding tert-OH is 1. The third-order valence-electron chi connectivity index (χ3n) is 3.94. The Bertz CT molecular complexity index is 748. The van der Waals surface area contributed by atoms with Crippen LogP contribution in [0.1, 0.15) is 17.2 Å². The quantitative estimate of drug-likeness (QED) is 0.737. The van der Waals surface area contributed by atoms with Crippen LogP contribution >= 0.6 is 11.6 Å². The highest BCUT2D eigenvalue weighted by molar-refractivity contribution is 6.33. The van der Waals surface area contributed by atoms with Crippen LogP contribution in [0.4, 0.5) is 0 Å². The third kappa shape index (κ3) is 4.59. The number of carbonyl (C=O) groups is 1. The highest BCUT2D eigenvalue weighted by Crippen LogP contribution is 2.37. The van der Waals surface area contributed by atoms with E-state index in [1.807, 2.05) is 6.07 Å². The molecule has 0 fully saturated rings. The summed E-state index contributed by atoms with van der Waals surface area (Å²) in [5.41, 5.74) is 1.30. The van der Waals surface area contributed by atoms with Gasteiger partial charge in [0, 0.05) is 6.54 Å². The average molecular weight is 380 g/mol. The molecule has 140 valence electrons. The normalized spacial score (nSPS) is 11.6. The molecular weight excluding hydrogens is 358 g/mol. The topological polar surface area (TPSA) is 77.0 Å². The van der Waals surface area contributed by atoms with Crippen molar-refractivity contribution in [3.05, 3.63) is 52.5 Å². The maximum absolute atomic E-state index is 12.1. The fourth-order valence-corrected chi connectivity index (χ4v) is 2.81. The van der Waals surface area contributed by atoms with Crippen LogP contribution in [0, 0.1) is 0 Å². The van der Waals surface area contributed by atoms with E-state index in [4.69, 9.17) is 25.8 Å². The predicted octanol–water partition coefficient (Wildman–Crippen LogP) is 2.76. The van der Waals surface area contributed by atoms with Gasteiger partial charge < -0.3 is 24.6 Å². The molecule has 2 N–H and O–H groups in total. The molecule has 2 aromatic rings. The van der Waals surface area contributed by atoms with Crippen LogP contribution in [0.25, 0.3) is 0 Å². The van der Waals surface area contributed by atoms with Gasteiger partial charge in [-0.2, -0.15) is 0 Å². The van der Waals surface area contributed by atoms with Crippen LogP contribution in [0.5, 0.6) is 17.2 Å². The largest absolute Gasteiger partial charge is 0.497 e. The van der Waals surface area contributed by atoms with Gasteiger partial charge >= 0.3 is 0 Å². The Morgan fingerprint density at radius 2 is 1.77 bits per heavy atom. The van der Waals surface area contributed by atoms with Crippen molar-refractivity contribution in [2.75, 3.05) is 27.9 Å². The number of benzene rings is 2. The van der Waals surface area contributed by atoms with Gasteiger partial charge in [-0.3, -0.25) is 4.79 Å². The molecule has 0 aromatic heterocycles. The first-order valence-corrected chi connectivity index (χ1v) is 8.38. The standard InChI is InChI=1S/C19H22ClNO5/c1-24-14-7-4-13(5-8-14)17(22)19(23)21-11-10-12-6-9-15(25-2)18(26-3)16(12)20/h4-9,17,22H,10-11H2,1-3H3,(H,21,23). The molecule has 26 heavy (non-hydrogen) atoms. The number of ether oxygens (including phenoxy) is 3. The first-order chi connectivity index (χ1) is 12.5. The van der Waals surface area contributed by atoms with Gasteiger partial charge in [-0.05, 0) is 35.7 Å². The number of methoxy groups -OCH3 is 3. The second-order valence-electron chi connectivity index (χ2n) is 5.49. The Hall–Kier alpha value is -2.44. The molecular formula is C19H22ClNO5. The average Bonchev–Trinajstić information content (AvgIpc) is 2.68. The Labute approximate surface area is 157 Å². The van der Waals surface area contributed by atoms with Crippen molar-refractivity contribution in [2.45, 2.75) is 12.5 Å². The van der Waals surface area contributed by atoms with E-state index in [1.54, 1.807) is 37.4 Å². The SMILES string of the molecule is COc1ccc(C(O)C(=O)NCCc2ccc(OC)c(OC)c2Cl)cc1. The summed E-state index contributed by atoms with van der Waals surface area (Å²) in [6, 6.07) is 10.2. The maximum Gasteiger partial charge on any atom is 0.253 e. The number of rotatable bonds is 8. The number of hydrogen-bond donors (Lipinski definition) is 2. The zero-order valence-corrected chi connectivity index (χ0v) is 15.7. The van der Waals surface area contributed by atoms with E-state index in [0.29, 0.717) is 40.8 Å². The minimum absolute atomic E-state index is 0.321. The molecule has 2 rings (SSSR count). The van der Waals surface area contributed by atoms with Gasteiger partial charge in [0.05, 0.1) is 26.4 Å². The first-order valence-electron chi connectivity index (χ1n) is 8.00. The van der Waals surface area contributed by atoms with Crippen LogP contribution in [0.2, 0.25) is 5.02 Å². The molecule has 1 unspecified atom stereocenters. The Balaban J connectivity index is 1.95. The number of hydrogen-bond acceptors (Lipinski definition) is 5. The molecule has 2 aromatic carbocycles. The van der Waals surface area contributed by atoms with Crippen LogP contribution in [-0.4, -0.2) is 38.9 Å². The molecule has 0 radical (unpaired) electrons. The Morgan fingerprint density at radius 3 is 2.35 bits per heavy atom. The first kappa shape index (κ1) is 19.9. The molecule has 0 saturated carbocycles. The zero-order chi connectivity index (χ0) is 19.1. The highest BCUT2D eigenvalue weighted by atomic mass is 35.5. The van der Waals surface area contributed by atoms with E-state index in [2.05, 4.69) is 5.32 Å². The van der Waals surface area contributed by atoms with Gasteiger partial charge in [-0.1, -0.05) is 29.8 Å². The predicted molar refractivity (Wildman–Crippen MR) is 99.2 cm³/mol. The van der Waals surface area contributed by atoms with Gasteiger partial charge in [0.2, 0.25) is 0 Å². The number of nitrogens with one attached hydrogen (secondary N) is 1. The van der Waals surface area contributed by atoms with E-state index < -0.39 is 12.0 Å². The molecule has 0 aliphatic carbocycles. The summed E-state index contributed by atoms with van der Waals surface area (Å²) in [5, 5.41) is 13.3. The van der Waals surface area contributed by atoms with Crippen molar-refractivity contribution in [1.82, 2.24) is 5.32 Å². The van der Waals surface area contributed by atoms with E-state index in [0.717, 1.165) is 5.56 Å². The molecule has 0 aliphatic heterocycles. The zero-order valence-electron chi connectivity index (χ0n) is 14.9. The molecule has 0 heterocycles. The van der Waals surface area contributed by atoms with E-state index >= 15 is 0 Å². The van der Waals surface area contributed by atoms with Crippen molar-refractivity contribution >= 4 is 17.5 Å². The minimum Gasteiger partial charge on any atom is -0.497 e. The molecule has 0 saturated heterocycles. The summed E-state index contributed by atoms with van der Waals surface area (Å²) in [6.45, 7) is 0.321. The van der Waals surface area contributed by atoms with Crippen molar-refractivity contribution in [1.29, 1.82) is 0 Å². The monoisotopic (exact) mass is 379 g/mol. The van der Waals surface area contributed by atoms with Crippen LogP contribution in [0.15, 0.2) is 36.4 Å². The molecule has 1 amide bonds. The van der Waals surface area contributed by atoms with Crippen molar-refractivity contribution in [3.63, 3.8) is 0 Å². The number of halogens is 1. The lowest BCUT2D eigenvalue weighted by atomic mass is 10.1. The second kappa shape index (κ2) is 9.31. The van der Waals surface area contributed by atoms with Gasteiger partial charge in [-0.25, -0.2) is 0 Å². The lowest BCUT2D eigenvalue weighted by Gasteiger charge is -2.14. The van der Waals surface area contributed by atoms with Gasteiger partial charge in [0.25, 0.3) is 5.91 Å². The Kier molecular flexibility index (Phi) is 7.12. The summed E-state index contributed by atoms with van der Waals surface area (Å²) in [5.74, 6) is 1.17. The number of amides is 1. The van der Waals surface area contributed by atoms with Gasteiger partial charge in [0.1, 0.15) is 5.75 Å². The summed E-state index contributed by atoms with van der Waals surface area (Å²) in [7, 11) is 4.60. The lowest BCUT2D eigenvalue weighted by Crippen LogP contribution is -2.31. The summed E-state index contributed by atoms with van der Waals surface area (Å²) in [4.78, 5) is 12.1. The lowest BCUT2D eigenvalue weighted by molar-refractivity contribution is -0.129. The van der Waals surface area contributed by atoms with Crippen LogP contribution in [-0.2, 0) is 11.2 Å². The molecule has 1 atom stereocenters. The second-order valence-corrected chi connectivity index (χ2v) is 5.87. The molecule has 7 heteroatoms. The smallest absolute Gasteiger partial charge is 0.253 e. The van der Waals surface area contributed by atoms with Crippen molar-refractivity contribution in [3.8, 4) is 17.2 Å². The van der Waals surface area contributed by atoms with Crippen molar-refractivity contribution in [2.24, 2.45) is 0 Å². The maximum atomic E-state index is 12.1. The molecule has 6 nitrogen and oxygen atoms in total. The Morgan fingerprint density at radius 1 is 1.08 bits per heavy atom. The van der Waals surface area contributed by atoms with E-state index in [9.17, 15) is 9.90 Å². The summed E-state index contributed by atoms with van der Waals surface area (Å²) in [6.07, 6.45) is -0.762. The number of aliphatic hydroxyl groups is 1. The highest BCUT2D eigenvalue weighted by Gasteiger charge is 2.18. The van der Waals surface area contributed by atoms with E-state index in [-0.39, 0.29) is 0 Å². The van der Waals surface area contributed by atoms with E-state index in [1.165, 1.54) is 14.2 Å². The molecule has 0 spiro atoms. The number of carbonyl (C=O) groups excluding carboxylic acids is 1. The fraction of sp³-hybridized carbons (Fsp3) is 0.316. The van der Waals surface area contributed by atoms with Crippen LogP contribution < -0.4 is 19.5 Å². The van der Waals surface area contributed by atoms with Gasteiger partial charge in [-0.15, -0.1) is 0 Å². The fourth-order valence-electron chi connectivity index (χ4n) is 2.48. The van der Waals surface area contributed by atoms with Crippen LogP contribution in [0.3, 0.4) is 0 Å². The van der Waals surface area contributed by atoms with Gasteiger partial charge in [0.15, 0.2) is 17.6 Å². The van der Waals surface area contributed by atoms with Crippen molar-refractivity contribution < 1.29 is 24.1 Å². The summed E-state index contributed by atoms with van der Waals surface area (Å²) < 4.78 is 15.5.